The van der Waals surface area contributed by atoms with Gasteiger partial charge < -0.3 is 26.6 Å². The number of hydrogen-bond acceptors (Lipinski definition) is 9. The molecule has 1 N–H and O–H groups in total. The number of ketones is 1. The van der Waals surface area contributed by atoms with Crippen LogP contribution in [0.3, 0.4) is 0 Å². The molecule has 0 bridgehead atoms. The first kappa shape index (κ1) is 39.8. The molecular weight excluding hydrogens is 743 g/mol. The number of hydrogen-bond donors (Lipinski definition) is 1. The minimum absolute atomic E-state index is 0. The molecule has 9 nitrogen and oxygen atoms in total. The molecular formula is C42H38ClN2O7PS. The van der Waals surface area contributed by atoms with E-state index < -0.39 is 31.2 Å². The van der Waals surface area contributed by atoms with Crippen LogP contribution >= 0.6 is 18.6 Å². The summed E-state index contributed by atoms with van der Waals surface area (Å²) in [5, 5.41) is 6.43. The van der Waals surface area contributed by atoms with Gasteiger partial charge in [0.15, 0.2) is 17.5 Å². The first-order chi connectivity index (χ1) is 25.6. The van der Waals surface area contributed by atoms with Crippen molar-refractivity contribution in [2.75, 3.05) is 25.2 Å². The lowest BCUT2D eigenvalue weighted by Crippen LogP contribution is -3.00. The number of thiazole rings is 1. The lowest BCUT2D eigenvalue weighted by Gasteiger charge is -2.25. The van der Waals surface area contributed by atoms with Crippen molar-refractivity contribution in [2.24, 2.45) is 0 Å². The van der Waals surface area contributed by atoms with Crippen LogP contribution in [0.15, 0.2) is 127 Å². The molecule has 0 aliphatic rings. The van der Waals surface area contributed by atoms with Gasteiger partial charge in [-0.15, -0.1) is 0 Å². The number of nitrogens with zero attached hydrogens (tertiary/aromatic N) is 1. The summed E-state index contributed by atoms with van der Waals surface area (Å²) in [6.07, 6.45) is -0.832. The molecule has 5 aromatic carbocycles. The molecule has 1 atom stereocenters. The minimum atomic E-state index is -2.28. The van der Waals surface area contributed by atoms with Crippen molar-refractivity contribution in [3.8, 4) is 5.75 Å². The number of aromatic nitrogens is 1. The number of halogens is 1. The second-order valence-electron chi connectivity index (χ2n) is 12.4. The van der Waals surface area contributed by atoms with Crippen molar-refractivity contribution in [1.29, 1.82) is 0 Å². The number of carbonyl (C=O) groups is 4. The van der Waals surface area contributed by atoms with Crippen molar-refractivity contribution in [3.63, 3.8) is 0 Å². The van der Waals surface area contributed by atoms with E-state index in [1.807, 2.05) is 84.9 Å². The molecule has 0 aliphatic carbocycles. The number of anilines is 1. The molecule has 54 heavy (non-hydrogen) atoms. The Kier molecular flexibility index (Phi) is 13.3. The van der Waals surface area contributed by atoms with Gasteiger partial charge in [-0.2, -0.15) is 0 Å². The van der Waals surface area contributed by atoms with Crippen LogP contribution in [0.4, 0.5) is 5.13 Å². The fourth-order valence-corrected chi connectivity index (χ4v) is 10.5. The van der Waals surface area contributed by atoms with Gasteiger partial charge >= 0.3 is 11.9 Å². The Balaban J connectivity index is 0.00000561. The molecule has 0 spiro atoms. The van der Waals surface area contributed by atoms with Crippen molar-refractivity contribution in [2.45, 2.75) is 26.4 Å². The summed E-state index contributed by atoms with van der Waals surface area (Å²) in [6, 6.07) is 40.7. The second kappa shape index (κ2) is 18.1. The lowest BCUT2D eigenvalue weighted by atomic mass is 9.98. The van der Waals surface area contributed by atoms with E-state index in [4.69, 9.17) is 14.2 Å². The molecule has 0 aliphatic heterocycles. The molecule has 1 amide bonds. The zero-order valence-electron chi connectivity index (χ0n) is 29.9. The van der Waals surface area contributed by atoms with Crippen LogP contribution in [0.1, 0.15) is 35.3 Å². The predicted molar refractivity (Wildman–Crippen MR) is 211 cm³/mol. The molecule has 1 aromatic heterocycles. The number of rotatable bonds is 14. The first-order valence-electron chi connectivity index (χ1n) is 17.0. The SMILES string of the molecule is CC(=O)OCC(Cc1cc(C(=O)c2ccccc2[P+](C)(c2ccccc2)c2ccccc2)ccc1OCC(=O)Nc1nc2ccccc2s1)OC(C)=O.[Cl-]. The van der Waals surface area contributed by atoms with Gasteiger partial charge in [-0.1, -0.05) is 72.0 Å². The van der Waals surface area contributed by atoms with Crippen LogP contribution in [0.5, 0.6) is 5.75 Å². The molecule has 276 valence electrons. The van der Waals surface area contributed by atoms with E-state index in [0.29, 0.717) is 27.6 Å². The third kappa shape index (κ3) is 9.38. The average molecular weight is 781 g/mol. The van der Waals surface area contributed by atoms with Crippen LogP contribution in [-0.2, 0) is 30.3 Å². The van der Waals surface area contributed by atoms with Gasteiger partial charge in [0.25, 0.3) is 5.91 Å². The standard InChI is InChI=1S/C42H37N2O7PS.ClH/c1-28(45)49-26-32(51-29(2)46)25-31-24-30(22-23-37(31)50-27-40(47)44-42-43-36-19-11-13-21-39(36)53-42)41(48)35-18-10-12-20-38(35)52(3,33-14-6-4-7-15-33)34-16-8-5-9-17-34;/h4-24,32H,25-27H2,1-3H3;1H. The molecule has 1 heterocycles. The summed E-state index contributed by atoms with van der Waals surface area (Å²) in [6.45, 7) is 4.20. The fraction of sp³-hybridized carbons (Fsp3) is 0.167. The van der Waals surface area contributed by atoms with Gasteiger partial charge in [-0.3, -0.25) is 24.5 Å². The van der Waals surface area contributed by atoms with E-state index in [0.717, 1.165) is 26.1 Å². The van der Waals surface area contributed by atoms with Crippen molar-refractivity contribution in [3.05, 3.63) is 144 Å². The highest BCUT2D eigenvalue weighted by molar-refractivity contribution is 7.95. The molecule has 1 unspecified atom stereocenters. The zero-order valence-corrected chi connectivity index (χ0v) is 32.3. The van der Waals surface area contributed by atoms with Crippen LogP contribution < -0.4 is 38.4 Å². The number of para-hydroxylation sites is 1. The lowest BCUT2D eigenvalue weighted by molar-refractivity contribution is -0.156. The van der Waals surface area contributed by atoms with E-state index in [1.165, 1.54) is 25.2 Å². The molecule has 6 rings (SSSR count). The van der Waals surface area contributed by atoms with Crippen LogP contribution in [0, 0.1) is 0 Å². The average Bonchev–Trinajstić information content (AvgIpc) is 3.58. The van der Waals surface area contributed by atoms with E-state index in [9.17, 15) is 19.2 Å². The number of ether oxygens (including phenoxy) is 3. The van der Waals surface area contributed by atoms with Crippen molar-refractivity contribution < 1.29 is 45.8 Å². The summed E-state index contributed by atoms with van der Waals surface area (Å²) in [5.74, 6) is -1.42. The summed E-state index contributed by atoms with van der Waals surface area (Å²) in [7, 11) is -2.28. The molecule has 6 aromatic rings. The minimum Gasteiger partial charge on any atom is -1.00 e. The third-order valence-electron chi connectivity index (χ3n) is 8.65. The Labute approximate surface area is 324 Å². The highest BCUT2D eigenvalue weighted by Gasteiger charge is 2.43. The van der Waals surface area contributed by atoms with Crippen LogP contribution in [0.25, 0.3) is 10.2 Å². The third-order valence-corrected chi connectivity index (χ3v) is 13.6. The monoisotopic (exact) mass is 780 g/mol. The molecule has 12 heteroatoms. The van der Waals surface area contributed by atoms with Crippen LogP contribution in [0.2, 0.25) is 0 Å². The largest absolute Gasteiger partial charge is 1.00 e. The number of esters is 2. The maximum atomic E-state index is 14.6. The Hall–Kier alpha value is -5.41. The number of amides is 1. The topological polar surface area (TPSA) is 121 Å². The Morgan fingerprint density at radius 1 is 0.778 bits per heavy atom. The van der Waals surface area contributed by atoms with Gasteiger partial charge in [0.2, 0.25) is 0 Å². The number of carbonyl (C=O) groups excluding carboxylic acids is 4. The van der Waals surface area contributed by atoms with E-state index >= 15 is 0 Å². The van der Waals surface area contributed by atoms with Crippen molar-refractivity contribution in [1.82, 2.24) is 4.98 Å². The van der Waals surface area contributed by atoms with E-state index in [1.54, 1.807) is 18.2 Å². The maximum absolute atomic E-state index is 14.6. The first-order valence-corrected chi connectivity index (χ1v) is 20.0. The molecule has 0 saturated heterocycles. The van der Waals surface area contributed by atoms with Gasteiger partial charge in [0, 0.05) is 25.8 Å². The van der Waals surface area contributed by atoms with Gasteiger partial charge in [0.05, 0.1) is 22.4 Å². The van der Waals surface area contributed by atoms with Gasteiger partial charge in [0.1, 0.15) is 41.6 Å². The number of nitrogens with one attached hydrogen (secondary N) is 1. The van der Waals surface area contributed by atoms with E-state index in [2.05, 4.69) is 41.2 Å². The molecule has 0 fully saturated rings. The Bertz CT molecular complexity index is 2190. The summed E-state index contributed by atoms with van der Waals surface area (Å²) in [5.41, 5.74) is 2.20. The van der Waals surface area contributed by atoms with Gasteiger partial charge in [-0.25, -0.2) is 4.98 Å². The Morgan fingerprint density at radius 3 is 2.06 bits per heavy atom. The second-order valence-corrected chi connectivity index (χ2v) is 17.0. The fourth-order valence-electron chi connectivity index (χ4n) is 6.16. The normalized spacial score (nSPS) is 11.5. The quantitative estimate of drug-likeness (QED) is 0.101. The number of benzene rings is 5. The number of fused-ring (bicyclic) bond motifs is 1. The van der Waals surface area contributed by atoms with Crippen LogP contribution in [-0.4, -0.2) is 54.6 Å². The summed E-state index contributed by atoms with van der Waals surface area (Å²) in [4.78, 5) is 55.8. The Morgan fingerprint density at radius 2 is 1.41 bits per heavy atom. The molecule has 0 radical (unpaired) electrons. The summed E-state index contributed by atoms with van der Waals surface area (Å²) < 4.78 is 17.7. The predicted octanol–water partition coefficient (Wildman–Crippen LogP) is 3.51. The molecule has 0 saturated carbocycles. The van der Waals surface area contributed by atoms with Crippen molar-refractivity contribution >= 4 is 73.5 Å². The van der Waals surface area contributed by atoms with E-state index in [-0.39, 0.29) is 37.8 Å². The highest BCUT2D eigenvalue weighted by Crippen LogP contribution is 2.52. The summed E-state index contributed by atoms with van der Waals surface area (Å²) >= 11 is 1.35. The maximum Gasteiger partial charge on any atom is 0.303 e. The van der Waals surface area contributed by atoms with Gasteiger partial charge in [-0.05, 0) is 72.3 Å². The smallest absolute Gasteiger partial charge is 0.303 e. The highest BCUT2D eigenvalue weighted by atomic mass is 35.5. The zero-order chi connectivity index (χ0) is 37.4.